The predicted octanol–water partition coefficient (Wildman–Crippen LogP) is 0.667. The third kappa shape index (κ3) is 2.77. The lowest BCUT2D eigenvalue weighted by Crippen LogP contribution is -2.42. The molecule has 1 aromatic heterocycles. The lowest BCUT2D eigenvalue weighted by atomic mass is 9.89. The molecular weight excluding hydrogens is 240 g/mol. The first-order chi connectivity index (χ1) is 8.94. The smallest absolute Gasteiger partial charge is 0.224 e. The summed E-state index contributed by atoms with van der Waals surface area (Å²) < 4.78 is 0. The van der Waals surface area contributed by atoms with Crippen LogP contribution in [0, 0.1) is 5.41 Å². The molecule has 0 radical (unpaired) electrons. The number of carbonyl (C=O) groups excluding carboxylic acids is 1. The van der Waals surface area contributed by atoms with Gasteiger partial charge in [-0.15, -0.1) is 0 Å². The van der Waals surface area contributed by atoms with E-state index in [1.165, 1.54) is 0 Å². The largest absolute Gasteiger partial charge is 0.369 e. The predicted molar refractivity (Wildman–Crippen MR) is 74.1 cm³/mol. The maximum absolute atomic E-state index is 11.5. The number of nitrogens with two attached hydrogens (primary N) is 2. The van der Waals surface area contributed by atoms with E-state index in [1.54, 1.807) is 6.20 Å². The highest BCUT2D eigenvalue weighted by Crippen LogP contribution is 2.35. The van der Waals surface area contributed by atoms with Gasteiger partial charge in [0.1, 0.15) is 0 Å². The van der Waals surface area contributed by atoms with Crippen molar-refractivity contribution < 1.29 is 4.79 Å². The van der Waals surface area contributed by atoms with E-state index >= 15 is 0 Å². The van der Waals surface area contributed by atoms with Crippen LogP contribution in [0.2, 0.25) is 0 Å². The molecule has 2 rings (SSSR count). The highest BCUT2D eigenvalue weighted by Gasteiger charge is 2.42. The maximum Gasteiger partial charge on any atom is 0.224 e. The molecule has 0 aliphatic carbocycles. The summed E-state index contributed by atoms with van der Waals surface area (Å²) in [6, 6.07) is 3.99. The second-order valence-corrected chi connectivity index (χ2v) is 5.74. The molecule has 0 saturated carbocycles. The van der Waals surface area contributed by atoms with Crippen molar-refractivity contribution in [2.75, 3.05) is 13.1 Å². The van der Waals surface area contributed by atoms with Crippen LogP contribution in [-0.4, -0.2) is 34.9 Å². The van der Waals surface area contributed by atoms with Crippen LogP contribution in [0.4, 0.5) is 0 Å². The molecule has 1 saturated heterocycles. The molecule has 2 heterocycles. The van der Waals surface area contributed by atoms with Crippen LogP contribution < -0.4 is 11.5 Å². The Bertz CT molecular complexity index is 448. The Morgan fingerprint density at radius 3 is 2.79 bits per heavy atom. The summed E-state index contributed by atoms with van der Waals surface area (Å²) in [6.45, 7) is 5.40. The van der Waals surface area contributed by atoms with E-state index in [9.17, 15) is 4.79 Å². The van der Waals surface area contributed by atoms with Crippen LogP contribution in [0.15, 0.2) is 24.5 Å². The molecule has 0 bridgehead atoms. The number of likely N-dealkylation sites (tertiary alicyclic amines) is 1. The molecule has 3 atom stereocenters. The Labute approximate surface area is 114 Å². The Hall–Kier alpha value is -1.46. The van der Waals surface area contributed by atoms with Crippen molar-refractivity contribution in [3.05, 3.63) is 30.1 Å². The number of nitrogens with zero attached hydrogens (tertiary/aromatic N) is 2. The molecule has 5 nitrogen and oxygen atoms in total. The van der Waals surface area contributed by atoms with Crippen molar-refractivity contribution in [1.29, 1.82) is 0 Å². The van der Waals surface area contributed by atoms with E-state index in [0.29, 0.717) is 6.54 Å². The second-order valence-electron chi connectivity index (χ2n) is 5.74. The van der Waals surface area contributed by atoms with Crippen LogP contribution in [0.3, 0.4) is 0 Å². The first-order valence-corrected chi connectivity index (χ1v) is 6.63. The highest BCUT2D eigenvalue weighted by atomic mass is 16.1. The SMILES string of the molecule is CC(N)C(c1cccnc1)N1CCC(C)(C(N)=O)C1. The number of pyridine rings is 1. The van der Waals surface area contributed by atoms with E-state index in [2.05, 4.69) is 9.88 Å². The average Bonchev–Trinajstić information content (AvgIpc) is 2.74. The van der Waals surface area contributed by atoms with Crippen LogP contribution in [0.25, 0.3) is 0 Å². The zero-order chi connectivity index (χ0) is 14.0. The van der Waals surface area contributed by atoms with Gasteiger partial charge in [-0.1, -0.05) is 6.07 Å². The Balaban J connectivity index is 2.21. The molecule has 0 aromatic carbocycles. The molecule has 104 valence electrons. The number of hydrogen-bond donors (Lipinski definition) is 2. The fourth-order valence-corrected chi connectivity index (χ4v) is 2.83. The van der Waals surface area contributed by atoms with Gasteiger partial charge in [0.05, 0.1) is 11.5 Å². The van der Waals surface area contributed by atoms with Crippen molar-refractivity contribution in [3.8, 4) is 0 Å². The Kier molecular flexibility index (Phi) is 3.87. The van der Waals surface area contributed by atoms with Crippen molar-refractivity contribution in [3.63, 3.8) is 0 Å². The lowest BCUT2D eigenvalue weighted by molar-refractivity contribution is -0.126. The van der Waals surface area contributed by atoms with Gasteiger partial charge in [0, 0.05) is 25.0 Å². The highest BCUT2D eigenvalue weighted by molar-refractivity contribution is 5.81. The van der Waals surface area contributed by atoms with Gasteiger partial charge in [-0.3, -0.25) is 14.7 Å². The van der Waals surface area contributed by atoms with Crippen LogP contribution in [0.5, 0.6) is 0 Å². The fraction of sp³-hybridized carbons (Fsp3) is 0.571. The summed E-state index contributed by atoms with van der Waals surface area (Å²) in [7, 11) is 0. The zero-order valence-corrected chi connectivity index (χ0v) is 11.5. The summed E-state index contributed by atoms with van der Waals surface area (Å²) in [6.07, 6.45) is 4.37. The summed E-state index contributed by atoms with van der Waals surface area (Å²) in [5.74, 6) is -0.232. The number of amides is 1. The number of primary amides is 1. The quantitative estimate of drug-likeness (QED) is 0.835. The fourth-order valence-electron chi connectivity index (χ4n) is 2.83. The molecule has 3 unspecified atom stereocenters. The van der Waals surface area contributed by atoms with Crippen molar-refractivity contribution >= 4 is 5.91 Å². The van der Waals surface area contributed by atoms with Crippen molar-refractivity contribution in [1.82, 2.24) is 9.88 Å². The molecule has 1 fully saturated rings. The summed E-state index contributed by atoms with van der Waals surface area (Å²) in [5, 5.41) is 0. The summed E-state index contributed by atoms with van der Waals surface area (Å²) >= 11 is 0. The lowest BCUT2D eigenvalue weighted by Gasteiger charge is -2.32. The molecule has 0 spiro atoms. The van der Waals surface area contributed by atoms with Gasteiger partial charge in [0.15, 0.2) is 0 Å². The normalized spacial score (nSPS) is 27.1. The first-order valence-electron chi connectivity index (χ1n) is 6.63. The van der Waals surface area contributed by atoms with Gasteiger partial charge in [-0.05, 0) is 38.4 Å². The van der Waals surface area contributed by atoms with E-state index < -0.39 is 5.41 Å². The number of rotatable bonds is 4. The molecule has 1 aliphatic rings. The Morgan fingerprint density at radius 1 is 1.58 bits per heavy atom. The minimum Gasteiger partial charge on any atom is -0.369 e. The average molecular weight is 262 g/mol. The third-order valence-corrected chi connectivity index (χ3v) is 4.02. The van der Waals surface area contributed by atoms with Gasteiger partial charge in [-0.25, -0.2) is 0 Å². The number of hydrogen-bond acceptors (Lipinski definition) is 4. The van der Waals surface area contributed by atoms with E-state index in [-0.39, 0.29) is 18.0 Å². The number of carbonyl (C=O) groups is 1. The summed E-state index contributed by atoms with van der Waals surface area (Å²) in [4.78, 5) is 17.9. The van der Waals surface area contributed by atoms with Crippen molar-refractivity contribution in [2.45, 2.75) is 32.4 Å². The van der Waals surface area contributed by atoms with Gasteiger partial charge in [0.25, 0.3) is 0 Å². The van der Waals surface area contributed by atoms with Gasteiger partial charge >= 0.3 is 0 Å². The van der Waals surface area contributed by atoms with Gasteiger partial charge in [0.2, 0.25) is 5.91 Å². The van der Waals surface area contributed by atoms with E-state index in [4.69, 9.17) is 11.5 Å². The molecule has 1 aliphatic heterocycles. The Morgan fingerprint density at radius 2 is 2.32 bits per heavy atom. The molecule has 4 N–H and O–H groups in total. The van der Waals surface area contributed by atoms with Crippen LogP contribution in [0.1, 0.15) is 31.9 Å². The molecule has 1 aromatic rings. The van der Waals surface area contributed by atoms with E-state index in [0.717, 1.165) is 18.5 Å². The molecular formula is C14H22N4O. The van der Waals surface area contributed by atoms with Crippen LogP contribution >= 0.6 is 0 Å². The number of aromatic nitrogens is 1. The molecule has 5 heteroatoms. The minimum atomic E-state index is -0.449. The standard InChI is InChI=1S/C14H22N4O/c1-10(15)12(11-4-3-6-17-8-11)18-7-5-14(2,9-18)13(16)19/h3-4,6,8,10,12H,5,7,9,15H2,1-2H3,(H2,16,19). The molecule has 1 amide bonds. The molecule has 19 heavy (non-hydrogen) atoms. The van der Waals surface area contributed by atoms with Gasteiger partial charge in [-0.2, -0.15) is 0 Å². The summed E-state index contributed by atoms with van der Waals surface area (Å²) in [5.41, 5.74) is 12.3. The van der Waals surface area contributed by atoms with E-state index in [1.807, 2.05) is 32.2 Å². The van der Waals surface area contributed by atoms with Crippen molar-refractivity contribution in [2.24, 2.45) is 16.9 Å². The minimum absolute atomic E-state index is 0.0283. The zero-order valence-electron chi connectivity index (χ0n) is 11.5. The first kappa shape index (κ1) is 14.0. The third-order valence-electron chi connectivity index (χ3n) is 4.02. The monoisotopic (exact) mass is 262 g/mol. The topological polar surface area (TPSA) is 85.2 Å². The second kappa shape index (κ2) is 5.27. The maximum atomic E-state index is 11.5. The van der Waals surface area contributed by atoms with Gasteiger partial charge < -0.3 is 11.5 Å². The van der Waals surface area contributed by atoms with Crippen LogP contribution in [-0.2, 0) is 4.79 Å².